The second-order valence-electron chi connectivity index (χ2n) is 8.03. The Morgan fingerprint density at radius 1 is 0.857 bits per heavy atom. The van der Waals surface area contributed by atoms with Crippen LogP contribution in [0.1, 0.15) is 53.5 Å². The molecule has 109 valence electrons. The maximum absolute atomic E-state index is 2.47. The minimum absolute atomic E-state index is 0. The van der Waals surface area contributed by atoms with Crippen molar-refractivity contribution in [2.45, 2.75) is 48.0 Å². The Morgan fingerprint density at radius 2 is 1.38 bits per heavy atom. The van der Waals surface area contributed by atoms with Gasteiger partial charge in [0.2, 0.25) is 0 Å². The summed E-state index contributed by atoms with van der Waals surface area (Å²) in [6.45, 7) is 14.2. The fourth-order valence-corrected chi connectivity index (χ4v) is 3.72. The van der Waals surface area contributed by atoms with Crippen molar-refractivity contribution < 1.29 is 0 Å². The van der Waals surface area contributed by atoms with Crippen molar-refractivity contribution in [3.63, 3.8) is 0 Å². The normalized spacial score (nSPS) is 17.9. The molecule has 0 spiro atoms. The summed E-state index contributed by atoms with van der Waals surface area (Å²) in [5.74, 6) is 0. The van der Waals surface area contributed by atoms with Crippen molar-refractivity contribution >= 4 is 24.4 Å². The average Bonchev–Trinajstić information content (AvgIpc) is 2.37. The Balaban J connectivity index is 0.00000220. The van der Waals surface area contributed by atoms with Crippen LogP contribution in [0.4, 0.5) is 0 Å². The predicted octanol–water partition coefficient (Wildman–Crippen LogP) is 5.73. The van der Waals surface area contributed by atoms with Crippen LogP contribution in [-0.2, 0) is 0 Å². The Labute approximate surface area is 142 Å². The molecule has 0 aliphatic heterocycles. The zero-order chi connectivity index (χ0) is 15.0. The zero-order valence-corrected chi connectivity index (χ0v) is 14.8. The van der Waals surface area contributed by atoms with Gasteiger partial charge in [-0.15, -0.1) is 0 Å². The van der Waals surface area contributed by atoms with Gasteiger partial charge in [-0.3, -0.25) is 0 Å². The van der Waals surface area contributed by atoms with Gasteiger partial charge in [-0.1, -0.05) is 90.1 Å². The van der Waals surface area contributed by atoms with E-state index in [0.29, 0.717) is 0 Å². The van der Waals surface area contributed by atoms with E-state index in [1.54, 1.807) is 0 Å². The van der Waals surface area contributed by atoms with Gasteiger partial charge in [0.15, 0.2) is 0 Å². The van der Waals surface area contributed by atoms with E-state index in [4.69, 9.17) is 0 Å². The minimum Gasteiger partial charge on any atom is -0.0763 e. The molecule has 0 bridgehead atoms. The summed E-state index contributed by atoms with van der Waals surface area (Å²) < 4.78 is 0. The molecule has 21 heavy (non-hydrogen) atoms. The zero-order valence-electron chi connectivity index (χ0n) is 14.8. The van der Waals surface area contributed by atoms with Crippen LogP contribution in [-0.4, -0.2) is 18.9 Å². The first kappa shape index (κ1) is 18.3. The second-order valence-corrected chi connectivity index (χ2v) is 8.03. The fraction of sp³-hybridized carbons (Fsp3) is 0.500. The van der Waals surface area contributed by atoms with Crippen molar-refractivity contribution in [1.82, 2.24) is 0 Å². The Bertz CT molecular complexity index is 507. The molecule has 0 saturated heterocycles. The first-order valence-corrected chi connectivity index (χ1v) is 7.62. The molecule has 0 nitrogen and oxygen atoms in total. The fourth-order valence-electron chi connectivity index (χ4n) is 3.72. The van der Waals surface area contributed by atoms with Gasteiger partial charge in [-0.2, -0.15) is 0 Å². The Morgan fingerprint density at radius 3 is 1.76 bits per heavy atom. The minimum atomic E-state index is 0. The van der Waals surface area contributed by atoms with E-state index in [-0.39, 0.29) is 35.1 Å². The summed E-state index contributed by atoms with van der Waals surface area (Å²) in [5, 5.41) is 0. The summed E-state index contributed by atoms with van der Waals surface area (Å²) in [7, 11) is 0. The van der Waals surface area contributed by atoms with Crippen LogP contribution < -0.4 is 0 Å². The maximum Gasteiger partial charge on any atom is 0.00168 e. The number of allylic oxidation sites excluding steroid dienone is 4. The van der Waals surface area contributed by atoms with Gasteiger partial charge in [0.1, 0.15) is 0 Å². The van der Waals surface area contributed by atoms with Gasteiger partial charge >= 0.3 is 0 Å². The van der Waals surface area contributed by atoms with Crippen LogP contribution in [0.2, 0.25) is 0 Å². The van der Waals surface area contributed by atoms with Gasteiger partial charge < -0.3 is 0 Å². The summed E-state index contributed by atoms with van der Waals surface area (Å²) >= 11 is 0. The van der Waals surface area contributed by atoms with Gasteiger partial charge in [0.05, 0.1) is 0 Å². The average molecular weight is 275 g/mol. The SMILES string of the molecule is CC(C)(C)C1(C(C)(C)C)C=CC(c2ccccc2)=CC1.[Li]. The molecule has 0 N–H and O–H groups in total. The molecule has 0 aromatic heterocycles. The third kappa shape index (κ3) is 3.39. The molecule has 0 heterocycles. The molecule has 1 aliphatic carbocycles. The van der Waals surface area contributed by atoms with Gasteiger partial charge in [0.25, 0.3) is 0 Å². The monoisotopic (exact) mass is 275 g/mol. The second kappa shape index (κ2) is 6.19. The molecule has 1 radical (unpaired) electrons. The van der Waals surface area contributed by atoms with E-state index < -0.39 is 0 Å². The van der Waals surface area contributed by atoms with Crippen LogP contribution in [0, 0.1) is 16.2 Å². The van der Waals surface area contributed by atoms with Crippen LogP contribution in [0.25, 0.3) is 5.57 Å². The van der Waals surface area contributed by atoms with E-state index in [9.17, 15) is 0 Å². The van der Waals surface area contributed by atoms with Gasteiger partial charge in [-0.25, -0.2) is 0 Å². The third-order valence-corrected chi connectivity index (χ3v) is 4.98. The molecule has 0 unspecified atom stereocenters. The van der Waals surface area contributed by atoms with Crippen molar-refractivity contribution in [2.75, 3.05) is 0 Å². The van der Waals surface area contributed by atoms with Crippen LogP contribution in [0.3, 0.4) is 0 Å². The van der Waals surface area contributed by atoms with Crippen LogP contribution >= 0.6 is 0 Å². The summed E-state index contributed by atoms with van der Waals surface area (Å²) in [6.07, 6.45) is 8.33. The van der Waals surface area contributed by atoms with Gasteiger partial charge in [0, 0.05) is 24.3 Å². The largest absolute Gasteiger partial charge is 0.0763 e. The molecule has 1 aliphatic rings. The van der Waals surface area contributed by atoms with E-state index in [0.717, 1.165) is 6.42 Å². The number of rotatable bonds is 1. The number of hydrogen-bond acceptors (Lipinski definition) is 0. The molecule has 2 rings (SSSR count). The molecule has 0 amide bonds. The van der Waals surface area contributed by atoms with Crippen molar-refractivity contribution in [3.8, 4) is 0 Å². The molecule has 1 heteroatoms. The first-order valence-electron chi connectivity index (χ1n) is 7.62. The molecular weight excluding hydrogens is 247 g/mol. The summed E-state index contributed by atoms with van der Waals surface area (Å²) in [5.41, 5.74) is 3.38. The summed E-state index contributed by atoms with van der Waals surface area (Å²) in [6, 6.07) is 10.7. The maximum atomic E-state index is 2.47. The quantitative estimate of drug-likeness (QED) is 0.574. The molecule has 1 aromatic rings. The molecule has 0 saturated carbocycles. The van der Waals surface area contributed by atoms with E-state index in [1.807, 2.05) is 0 Å². The Hall–Kier alpha value is -0.703. The molecule has 1 aromatic carbocycles. The Kier molecular flexibility index (Phi) is 5.41. The number of hydrogen-bond donors (Lipinski definition) is 0. The van der Waals surface area contributed by atoms with Gasteiger partial charge in [-0.05, 0) is 28.4 Å². The van der Waals surface area contributed by atoms with E-state index >= 15 is 0 Å². The van der Waals surface area contributed by atoms with Crippen molar-refractivity contribution in [3.05, 3.63) is 54.1 Å². The summed E-state index contributed by atoms with van der Waals surface area (Å²) in [4.78, 5) is 0. The van der Waals surface area contributed by atoms with Crippen LogP contribution in [0.15, 0.2) is 48.6 Å². The molecular formula is C20H28Li. The number of benzene rings is 1. The van der Waals surface area contributed by atoms with E-state index in [2.05, 4.69) is 90.1 Å². The predicted molar refractivity (Wildman–Crippen MR) is 95.3 cm³/mol. The third-order valence-electron chi connectivity index (χ3n) is 4.98. The standard InChI is InChI=1S/C20H28.Li/c1-18(2,3)20(19(4,5)6)14-12-17(13-15-20)16-10-8-7-9-11-16;/h7-14H,15H2,1-6H3;. The molecule has 0 fully saturated rings. The smallest absolute Gasteiger partial charge is 0.00168 e. The topological polar surface area (TPSA) is 0 Å². The molecule has 0 atom stereocenters. The van der Waals surface area contributed by atoms with Crippen molar-refractivity contribution in [1.29, 1.82) is 0 Å². The first-order chi connectivity index (χ1) is 9.17. The van der Waals surface area contributed by atoms with Crippen molar-refractivity contribution in [2.24, 2.45) is 16.2 Å². The van der Waals surface area contributed by atoms with E-state index in [1.165, 1.54) is 11.1 Å². The van der Waals surface area contributed by atoms with Crippen LogP contribution in [0.5, 0.6) is 0 Å².